The molecule has 1 fully saturated rings. The first-order valence-electron chi connectivity index (χ1n) is 7.93. The van der Waals surface area contributed by atoms with E-state index in [0.717, 1.165) is 54.4 Å². The Hall–Kier alpha value is -1.91. The normalized spacial score (nSPS) is 19.8. The molecule has 2 aliphatic rings. The van der Waals surface area contributed by atoms with E-state index in [4.69, 9.17) is 21.4 Å². The maximum Gasteiger partial charge on any atom is 0.101 e. The molecule has 0 amide bonds. The predicted molar refractivity (Wildman–Crippen MR) is 92.0 cm³/mol. The van der Waals surface area contributed by atoms with Crippen molar-refractivity contribution in [3.05, 3.63) is 52.8 Å². The number of aliphatic imine (C=N–C) groups is 1. The molecule has 2 aromatic rings. The van der Waals surface area contributed by atoms with Gasteiger partial charge in [0.15, 0.2) is 0 Å². The lowest BCUT2D eigenvalue weighted by Crippen LogP contribution is -2.14. The van der Waals surface area contributed by atoms with Crippen LogP contribution in [0.1, 0.15) is 17.7 Å². The van der Waals surface area contributed by atoms with Crippen molar-refractivity contribution in [3.8, 4) is 11.3 Å². The average molecular weight is 328 g/mol. The highest BCUT2D eigenvalue weighted by Gasteiger charge is 2.22. The molecule has 2 aliphatic heterocycles. The van der Waals surface area contributed by atoms with Crippen molar-refractivity contribution in [1.82, 2.24) is 9.78 Å². The summed E-state index contributed by atoms with van der Waals surface area (Å²) in [7, 11) is 0. The van der Waals surface area contributed by atoms with E-state index in [1.54, 1.807) is 0 Å². The Balaban J connectivity index is 1.76. The van der Waals surface area contributed by atoms with Gasteiger partial charge in [-0.25, -0.2) is 0 Å². The molecule has 0 aliphatic carbocycles. The lowest BCUT2D eigenvalue weighted by molar-refractivity contribution is 0.181. The molecule has 0 saturated carbocycles. The Morgan fingerprint density at radius 2 is 2.13 bits per heavy atom. The molecule has 1 aromatic carbocycles. The van der Waals surface area contributed by atoms with Crippen molar-refractivity contribution in [2.24, 2.45) is 10.9 Å². The third-order valence-electron chi connectivity index (χ3n) is 4.38. The van der Waals surface area contributed by atoms with Crippen molar-refractivity contribution in [3.63, 3.8) is 0 Å². The van der Waals surface area contributed by atoms with Crippen LogP contribution in [-0.4, -0.2) is 29.2 Å². The van der Waals surface area contributed by atoms with E-state index >= 15 is 0 Å². The van der Waals surface area contributed by atoms with Crippen LogP contribution in [0.15, 0.2) is 41.5 Å². The highest BCUT2D eigenvalue weighted by molar-refractivity contribution is 6.30. The van der Waals surface area contributed by atoms with Gasteiger partial charge >= 0.3 is 0 Å². The fourth-order valence-corrected chi connectivity index (χ4v) is 3.27. The minimum atomic E-state index is 0.543. The van der Waals surface area contributed by atoms with Gasteiger partial charge in [-0.05, 0) is 18.6 Å². The SMILES string of the molecule is Clc1ccc(-c2nn(CC3CCOC3)c3c2C=NC=CC3)cc1. The zero-order valence-corrected chi connectivity index (χ0v) is 13.5. The van der Waals surface area contributed by atoms with Gasteiger partial charge < -0.3 is 4.74 Å². The predicted octanol–water partition coefficient (Wildman–Crippen LogP) is 3.73. The number of aromatic nitrogens is 2. The summed E-state index contributed by atoms with van der Waals surface area (Å²) >= 11 is 6.01. The summed E-state index contributed by atoms with van der Waals surface area (Å²) < 4.78 is 7.65. The standard InChI is InChI=1S/C18H18ClN3O/c19-15-5-3-14(4-6-15)18-16-10-20-8-1-2-17(16)22(21-18)11-13-7-9-23-12-13/h1,3-6,8,10,13H,2,7,9,11-12H2. The third-order valence-corrected chi connectivity index (χ3v) is 4.63. The van der Waals surface area contributed by atoms with E-state index in [9.17, 15) is 0 Å². The number of benzene rings is 1. The molecule has 0 spiro atoms. The topological polar surface area (TPSA) is 39.4 Å². The molecular weight excluding hydrogens is 310 g/mol. The van der Waals surface area contributed by atoms with Crippen LogP contribution in [0.25, 0.3) is 11.3 Å². The van der Waals surface area contributed by atoms with Crippen LogP contribution < -0.4 is 0 Å². The second-order valence-electron chi connectivity index (χ2n) is 5.99. The van der Waals surface area contributed by atoms with E-state index < -0.39 is 0 Å². The molecule has 1 atom stereocenters. The molecule has 0 N–H and O–H groups in total. The highest BCUT2D eigenvalue weighted by Crippen LogP contribution is 2.28. The van der Waals surface area contributed by atoms with Crippen LogP contribution in [-0.2, 0) is 17.7 Å². The van der Waals surface area contributed by atoms with E-state index in [1.165, 1.54) is 5.69 Å². The smallest absolute Gasteiger partial charge is 0.101 e. The summed E-state index contributed by atoms with van der Waals surface area (Å²) in [5, 5.41) is 5.62. The van der Waals surface area contributed by atoms with Crippen LogP contribution in [0, 0.1) is 5.92 Å². The van der Waals surface area contributed by atoms with Crippen molar-refractivity contribution >= 4 is 17.8 Å². The Morgan fingerprint density at radius 3 is 2.91 bits per heavy atom. The van der Waals surface area contributed by atoms with E-state index in [1.807, 2.05) is 36.7 Å². The first kappa shape index (κ1) is 14.7. The molecule has 5 heteroatoms. The van der Waals surface area contributed by atoms with Gasteiger partial charge in [0.05, 0.1) is 12.3 Å². The molecule has 1 saturated heterocycles. The zero-order valence-electron chi connectivity index (χ0n) is 12.8. The van der Waals surface area contributed by atoms with E-state index in [-0.39, 0.29) is 0 Å². The van der Waals surface area contributed by atoms with Gasteiger partial charge in [0.2, 0.25) is 0 Å². The summed E-state index contributed by atoms with van der Waals surface area (Å²) in [4.78, 5) is 4.35. The second kappa shape index (κ2) is 6.30. The monoisotopic (exact) mass is 327 g/mol. The van der Waals surface area contributed by atoms with Gasteiger partial charge in [-0.1, -0.05) is 29.8 Å². The number of hydrogen-bond acceptors (Lipinski definition) is 3. The lowest BCUT2D eigenvalue weighted by Gasteiger charge is -2.10. The zero-order chi connectivity index (χ0) is 15.6. The van der Waals surface area contributed by atoms with Gasteiger partial charge in [-0.15, -0.1) is 0 Å². The maximum atomic E-state index is 6.01. The minimum absolute atomic E-state index is 0.543. The minimum Gasteiger partial charge on any atom is -0.381 e. The third kappa shape index (κ3) is 2.96. The molecule has 4 rings (SSSR count). The molecule has 0 radical (unpaired) electrons. The second-order valence-corrected chi connectivity index (χ2v) is 6.43. The van der Waals surface area contributed by atoms with Gasteiger partial charge in [0.1, 0.15) is 5.69 Å². The maximum absolute atomic E-state index is 6.01. The van der Waals surface area contributed by atoms with Gasteiger partial charge in [0.25, 0.3) is 0 Å². The average Bonchev–Trinajstić information content (AvgIpc) is 3.11. The molecule has 4 nitrogen and oxygen atoms in total. The summed E-state index contributed by atoms with van der Waals surface area (Å²) in [6.45, 7) is 2.59. The Kier molecular flexibility index (Phi) is 4.02. The quantitative estimate of drug-likeness (QED) is 0.861. The Bertz CT molecular complexity index is 755. The molecule has 1 unspecified atom stereocenters. The number of nitrogens with zero attached hydrogens (tertiary/aromatic N) is 3. The number of hydrogen-bond donors (Lipinski definition) is 0. The Morgan fingerprint density at radius 1 is 1.26 bits per heavy atom. The summed E-state index contributed by atoms with van der Waals surface area (Å²) in [5.41, 5.74) is 4.37. The molecule has 3 heterocycles. The fraction of sp³-hybridized carbons (Fsp3) is 0.333. The number of allylic oxidation sites excluding steroid dienone is 1. The number of rotatable bonds is 3. The number of ether oxygens (including phenoxy) is 1. The molecule has 118 valence electrons. The molecule has 0 bridgehead atoms. The molecule has 1 aromatic heterocycles. The van der Waals surface area contributed by atoms with Crippen molar-refractivity contribution in [1.29, 1.82) is 0 Å². The van der Waals surface area contributed by atoms with E-state index in [2.05, 4.69) is 15.8 Å². The summed E-state index contributed by atoms with van der Waals surface area (Å²) in [5.74, 6) is 0.543. The van der Waals surface area contributed by atoms with E-state index in [0.29, 0.717) is 5.92 Å². The fourth-order valence-electron chi connectivity index (χ4n) is 3.15. The van der Waals surface area contributed by atoms with Gasteiger partial charge in [0, 0.05) is 54.1 Å². The van der Waals surface area contributed by atoms with Gasteiger partial charge in [-0.3, -0.25) is 9.67 Å². The van der Waals surface area contributed by atoms with Gasteiger partial charge in [-0.2, -0.15) is 5.10 Å². The van der Waals surface area contributed by atoms with Crippen LogP contribution in [0.5, 0.6) is 0 Å². The summed E-state index contributed by atoms with van der Waals surface area (Å²) in [6, 6.07) is 7.83. The molecule has 23 heavy (non-hydrogen) atoms. The first-order valence-corrected chi connectivity index (χ1v) is 8.30. The van der Waals surface area contributed by atoms with Crippen molar-refractivity contribution in [2.45, 2.75) is 19.4 Å². The molecular formula is C18H18ClN3O. The van der Waals surface area contributed by atoms with Crippen molar-refractivity contribution < 1.29 is 4.74 Å². The first-order chi connectivity index (χ1) is 11.3. The number of fused-ring (bicyclic) bond motifs is 1. The summed E-state index contributed by atoms with van der Waals surface area (Å²) in [6.07, 6.45) is 7.81. The van der Waals surface area contributed by atoms with Crippen molar-refractivity contribution in [2.75, 3.05) is 13.2 Å². The highest BCUT2D eigenvalue weighted by atomic mass is 35.5. The largest absolute Gasteiger partial charge is 0.381 e. The number of halogens is 1. The Labute approximate surface area is 140 Å². The van der Waals surface area contributed by atoms with Crippen LogP contribution in [0.3, 0.4) is 0 Å². The van der Waals surface area contributed by atoms with Crippen LogP contribution >= 0.6 is 11.6 Å². The van der Waals surface area contributed by atoms with Crippen LogP contribution in [0.2, 0.25) is 5.02 Å². The lowest BCUT2D eigenvalue weighted by atomic mass is 10.1. The van der Waals surface area contributed by atoms with Crippen LogP contribution in [0.4, 0.5) is 0 Å².